The van der Waals surface area contributed by atoms with E-state index in [0.29, 0.717) is 0 Å². The maximum atomic E-state index is 5.70. The van der Waals surface area contributed by atoms with E-state index in [-0.39, 0.29) is 6.04 Å². The van der Waals surface area contributed by atoms with Crippen LogP contribution in [-0.2, 0) is 13.5 Å². The molecule has 0 radical (unpaired) electrons. The van der Waals surface area contributed by atoms with E-state index >= 15 is 0 Å². The Morgan fingerprint density at radius 1 is 1.35 bits per heavy atom. The number of rotatable bonds is 4. The Morgan fingerprint density at radius 3 is 2.71 bits per heavy atom. The summed E-state index contributed by atoms with van der Waals surface area (Å²) < 4.78 is 1.84. The van der Waals surface area contributed by atoms with Crippen molar-refractivity contribution in [3.05, 3.63) is 53.3 Å². The van der Waals surface area contributed by atoms with Crippen molar-refractivity contribution in [3.63, 3.8) is 0 Å². The predicted octanol–water partition coefficient (Wildman–Crippen LogP) is 1.54. The van der Waals surface area contributed by atoms with E-state index in [9.17, 15) is 0 Å². The fraction of sp³-hybridized carbons (Fsp3) is 0.308. The summed E-state index contributed by atoms with van der Waals surface area (Å²) in [4.78, 5) is 0. The summed E-state index contributed by atoms with van der Waals surface area (Å²) in [6.45, 7) is 2.15. The molecule has 90 valence electrons. The molecule has 1 unspecified atom stereocenters. The molecule has 0 saturated heterocycles. The fourth-order valence-corrected chi connectivity index (χ4v) is 2.14. The number of nitrogens with zero attached hydrogens (tertiary/aromatic N) is 2. The number of nitrogens with two attached hydrogens (primary N) is 1. The molecule has 0 spiro atoms. The Kier molecular flexibility index (Phi) is 3.56. The van der Waals surface area contributed by atoms with E-state index in [1.807, 2.05) is 23.9 Å². The van der Waals surface area contributed by atoms with Gasteiger partial charge in [-0.15, -0.1) is 0 Å². The van der Waals surface area contributed by atoms with Crippen LogP contribution in [0.2, 0.25) is 0 Å². The first-order valence-electron chi connectivity index (χ1n) is 5.79. The molecular weight excluding hydrogens is 212 g/mol. The van der Waals surface area contributed by atoms with Gasteiger partial charge in [-0.2, -0.15) is 5.10 Å². The largest absolute Gasteiger partial charge is 0.271 e. The van der Waals surface area contributed by atoms with Gasteiger partial charge in [0.1, 0.15) is 0 Å². The molecule has 0 amide bonds. The minimum Gasteiger partial charge on any atom is -0.271 e. The molecule has 0 aliphatic heterocycles. The molecule has 17 heavy (non-hydrogen) atoms. The van der Waals surface area contributed by atoms with Gasteiger partial charge in [0.2, 0.25) is 0 Å². The normalized spacial score (nSPS) is 12.6. The van der Waals surface area contributed by atoms with Gasteiger partial charge in [-0.1, -0.05) is 31.2 Å². The van der Waals surface area contributed by atoms with Gasteiger partial charge in [0.25, 0.3) is 0 Å². The summed E-state index contributed by atoms with van der Waals surface area (Å²) in [5, 5.41) is 4.19. The maximum absolute atomic E-state index is 5.70. The second-order valence-corrected chi connectivity index (χ2v) is 4.03. The number of aromatic nitrogens is 2. The predicted molar refractivity (Wildman–Crippen MR) is 68.2 cm³/mol. The first kappa shape index (κ1) is 11.8. The second-order valence-electron chi connectivity index (χ2n) is 4.03. The Labute approximate surface area is 101 Å². The van der Waals surface area contributed by atoms with Gasteiger partial charge in [-0.05, 0) is 23.6 Å². The molecule has 1 heterocycles. The molecule has 1 atom stereocenters. The average molecular weight is 230 g/mol. The molecule has 4 heteroatoms. The lowest BCUT2D eigenvalue weighted by atomic mass is 9.97. The molecule has 0 bridgehead atoms. The average Bonchev–Trinajstić information content (AvgIpc) is 2.78. The van der Waals surface area contributed by atoms with Crippen LogP contribution in [0.1, 0.15) is 29.8 Å². The molecule has 0 saturated carbocycles. The second kappa shape index (κ2) is 5.12. The fourth-order valence-electron chi connectivity index (χ4n) is 2.14. The van der Waals surface area contributed by atoms with Gasteiger partial charge >= 0.3 is 0 Å². The Morgan fingerprint density at radius 2 is 2.12 bits per heavy atom. The first-order valence-corrected chi connectivity index (χ1v) is 5.79. The molecule has 1 aromatic heterocycles. The molecule has 0 aliphatic carbocycles. The number of benzene rings is 1. The SMILES string of the molecule is CCc1ccccc1C(NN)c1ccnn1C. The topological polar surface area (TPSA) is 55.9 Å². The van der Waals surface area contributed by atoms with Crippen LogP contribution in [0.4, 0.5) is 0 Å². The van der Waals surface area contributed by atoms with Crippen molar-refractivity contribution in [3.8, 4) is 0 Å². The molecule has 3 N–H and O–H groups in total. The lowest BCUT2D eigenvalue weighted by Crippen LogP contribution is -2.31. The van der Waals surface area contributed by atoms with E-state index < -0.39 is 0 Å². The van der Waals surface area contributed by atoms with E-state index in [1.165, 1.54) is 11.1 Å². The Hall–Kier alpha value is -1.65. The third-order valence-corrected chi connectivity index (χ3v) is 3.07. The highest BCUT2D eigenvalue weighted by molar-refractivity contribution is 5.35. The van der Waals surface area contributed by atoms with Crippen LogP contribution < -0.4 is 11.3 Å². The van der Waals surface area contributed by atoms with E-state index in [0.717, 1.165) is 12.1 Å². The monoisotopic (exact) mass is 230 g/mol. The zero-order valence-electron chi connectivity index (χ0n) is 10.2. The number of hydrogen-bond donors (Lipinski definition) is 2. The van der Waals surface area contributed by atoms with Crippen molar-refractivity contribution in [2.24, 2.45) is 12.9 Å². The van der Waals surface area contributed by atoms with Crippen LogP contribution in [0, 0.1) is 0 Å². The molecule has 4 nitrogen and oxygen atoms in total. The highest BCUT2D eigenvalue weighted by Gasteiger charge is 2.17. The third-order valence-electron chi connectivity index (χ3n) is 3.07. The minimum atomic E-state index is -0.0151. The summed E-state index contributed by atoms with van der Waals surface area (Å²) in [7, 11) is 1.92. The van der Waals surface area contributed by atoms with Gasteiger partial charge in [0, 0.05) is 13.2 Å². The number of aryl methyl sites for hydroxylation is 2. The zero-order chi connectivity index (χ0) is 12.3. The van der Waals surface area contributed by atoms with Gasteiger partial charge in [-0.25, -0.2) is 5.43 Å². The molecule has 2 aromatic rings. The maximum Gasteiger partial charge on any atom is 0.0880 e. The van der Waals surface area contributed by atoms with Crippen molar-refractivity contribution >= 4 is 0 Å². The quantitative estimate of drug-likeness (QED) is 0.618. The standard InChI is InChI=1S/C13H18N4/c1-3-10-6-4-5-7-11(10)13(16-14)12-8-9-15-17(12)2/h4-9,13,16H,3,14H2,1-2H3. The smallest absolute Gasteiger partial charge is 0.0880 e. The van der Waals surface area contributed by atoms with Crippen molar-refractivity contribution in [2.45, 2.75) is 19.4 Å². The van der Waals surface area contributed by atoms with Gasteiger partial charge in [0.15, 0.2) is 0 Å². The van der Waals surface area contributed by atoms with Crippen molar-refractivity contribution < 1.29 is 0 Å². The van der Waals surface area contributed by atoms with E-state index in [2.05, 4.69) is 35.6 Å². The first-order chi connectivity index (χ1) is 8.27. The van der Waals surface area contributed by atoms with Crippen molar-refractivity contribution in [1.82, 2.24) is 15.2 Å². The Balaban J connectivity index is 2.46. The lowest BCUT2D eigenvalue weighted by molar-refractivity contribution is 0.571. The van der Waals surface area contributed by atoms with Crippen molar-refractivity contribution in [1.29, 1.82) is 0 Å². The van der Waals surface area contributed by atoms with E-state index in [1.54, 1.807) is 6.20 Å². The minimum absolute atomic E-state index is 0.0151. The van der Waals surface area contributed by atoms with Crippen LogP contribution in [0.5, 0.6) is 0 Å². The van der Waals surface area contributed by atoms with Gasteiger partial charge in [-0.3, -0.25) is 10.5 Å². The molecule has 1 aromatic carbocycles. The molecular formula is C13H18N4. The van der Waals surface area contributed by atoms with Gasteiger partial charge < -0.3 is 0 Å². The highest BCUT2D eigenvalue weighted by Crippen LogP contribution is 2.24. The lowest BCUT2D eigenvalue weighted by Gasteiger charge is -2.19. The summed E-state index contributed by atoms with van der Waals surface area (Å²) in [6.07, 6.45) is 2.78. The van der Waals surface area contributed by atoms with Gasteiger partial charge in [0.05, 0.1) is 11.7 Å². The van der Waals surface area contributed by atoms with Crippen LogP contribution in [0.15, 0.2) is 36.5 Å². The van der Waals surface area contributed by atoms with Crippen LogP contribution in [0.3, 0.4) is 0 Å². The zero-order valence-corrected chi connectivity index (χ0v) is 10.2. The number of hydrazine groups is 1. The Bertz CT molecular complexity index is 490. The summed E-state index contributed by atoms with van der Waals surface area (Å²) in [5.41, 5.74) is 6.45. The van der Waals surface area contributed by atoms with Crippen molar-refractivity contribution in [2.75, 3.05) is 0 Å². The van der Waals surface area contributed by atoms with Crippen LogP contribution in [-0.4, -0.2) is 9.78 Å². The van der Waals surface area contributed by atoms with Crippen LogP contribution >= 0.6 is 0 Å². The summed E-state index contributed by atoms with van der Waals surface area (Å²) in [6, 6.07) is 10.3. The molecule has 0 fully saturated rings. The van der Waals surface area contributed by atoms with Crippen LogP contribution in [0.25, 0.3) is 0 Å². The number of nitrogens with one attached hydrogen (secondary N) is 1. The molecule has 0 aliphatic rings. The summed E-state index contributed by atoms with van der Waals surface area (Å²) >= 11 is 0. The third kappa shape index (κ3) is 2.23. The number of hydrogen-bond acceptors (Lipinski definition) is 3. The van der Waals surface area contributed by atoms with E-state index in [4.69, 9.17) is 5.84 Å². The highest BCUT2D eigenvalue weighted by atomic mass is 15.3. The molecule has 2 rings (SSSR count). The summed E-state index contributed by atoms with van der Waals surface area (Å²) in [5.74, 6) is 5.70.